The van der Waals surface area contributed by atoms with Crippen molar-refractivity contribution in [3.8, 4) is 0 Å². The number of hydrogen-bond donors (Lipinski definition) is 1. The molecule has 1 heterocycles. The maximum atomic E-state index is 11.4. The Morgan fingerprint density at radius 3 is 2.59 bits per heavy atom. The van der Waals surface area contributed by atoms with E-state index in [9.17, 15) is 8.42 Å². The fraction of sp³-hybridized carbons (Fsp3) is 1.00. The van der Waals surface area contributed by atoms with Gasteiger partial charge >= 0.3 is 0 Å². The van der Waals surface area contributed by atoms with E-state index in [0.29, 0.717) is 25.0 Å². The molecule has 1 fully saturated rings. The second-order valence-electron chi connectivity index (χ2n) is 4.79. The number of nitrogens with two attached hydrogens (primary N) is 1. The smallest absolute Gasteiger partial charge is 0.151 e. The highest BCUT2D eigenvalue weighted by molar-refractivity contribution is 7.91. The number of halogens is 1. The monoisotopic (exact) mass is 284 g/mol. The molecule has 2 unspecified atom stereocenters. The van der Waals surface area contributed by atoms with Crippen LogP contribution in [0.4, 0.5) is 0 Å². The third kappa shape index (κ3) is 5.55. The number of rotatable bonds is 5. The highest BCUT2D eigenvalue weighted by Crippen LogP contribution is 2.21. The second kappa shape index (κ2) is 7.56. The van der Waals surface area contributed by atoms with Gasteiger partial charge in [-0.3, -0.25) is 4.90 Å². The van der Waals surface area contributed by atoms with Crippen LogP contribution in [0.3, 0.4) is 0 Å². The zero-order chi connectivity index (χ0) is 12.2. The highest BCUT2D eigenvalue weighted by atomic mass is 35.5. The molecule has 1 saturated heterocycles. The van der Waals surface area contributed by atoms with Gasteiger partial charge in [0.15, 0.2) is 9.84 Å². The van der Waals surface area contributed by atoms with E-state index in [-0.39, 0.29) is 23.9 Å². The van der Waals surface area contributed by atoms with Gasteiger partial charge in [-0.2, -0.15) is 0 Å². The first kappa shape index (κ1) is 17.2. The lowest BCUT2D eigenvalue weighted by molar-refractivity contribution is 0.130. The van der Waals surface area contributed by atoms with Gasteiger partial charge in [-0.05, 0) is 25.3 Å². The molecule has 0 saturated carbocycles. The molecule has 0 aromatic heterocycles. The van der Waals surface area contributed by atoms with Crippen LogP contribution >= 0.6 is 12.4 Å². The van der Waals surface area contributed by atoms with Crippen LogP contribution in [0.2, 0.25) is 0 Å². The third-order valence-corrected chi connectivity index (χ3v) is 5.19. The molecule has 2 N–H and O–H groups in total. The molecule has 17 heavy (non-hydrogen) atoms. The normalized spacial score (nSPS) is 26.5. The number of hydrogen-bond acceptors (Lipinski definition) is 4. The Hall–Kier alpha value is 0.160. The van der Waals surface area contributed by atoms with Crippen molar-refractivity contribution in [1.29, 1.82) is 0 Å². The van der Waals surface area contributed by atoms with E-state index in [1.54, 1.807) is 6.92 Å². The lowest BCUT2D eigenvalue weighted by atomic mass is 9.92. The predicted octanol–water partition coefficient (Wildman–Crippen LogP) is 0.902. The molecule has 0 aromatic carbocycles. The Morgan fingerprint density at radius 2 is 2.06 bits per heavy atom. The first-order chi connectivity index (χ1) is 7.48. The maximum Gasteiger partial charge on any atom is 0.151 e. The minimum Gasteiger partial charge on any atom is -0.329 e. The molecule has 0 spiro atoms. The van der Waals surface area contributed by atoms with Gasteiger partial charge in [0.2, 0.25) is 0 Å². The van der Waals surface area contributed by atoms with E-state index >= 15 is 0 Å². The summed E-state index contributed by atoms with van der Waals surface area (Å²) in [6.45, 7) is 6.21. The summed E-state index contributed by atoms with van der Waals surface area (Å²) < 4.78 is 22.9. The fourth-order valence-corrected chi connectivity index (χ4v) is 3.04. The van der Waals surface area contributed by atoms with E-state index < -0.39 is 9.84 Å². The predicted molar refractivity (Wildman–Crippen MR) is 74.4 cm³/mol. The maximum absolute atomic E-state index is 11.4. The zero-order valence-electron chi connectivity index (χ0n) is 10.8. The van der Waals surface area contributed by atoms with Gasteiger partial charge < -0.3 is 5.73 Å². The van der Waals surface area contributed by atoms with Crippen molar-refractivity contribution in [1.82, 2.24) is 4.90 Å². The Morgan fingerprint density at radius 1 is 1.41 bits per heavy atom. The van der Waals surface area contributed by atoms with Gasteiger partial charge in [0.05, 0.1) is 5.75 Å². The van der Waals surface area contributed by atoms with Gasteiger partial charge in [0, 0.05) is 24.9 Å². The van der Waals surface area contributed by atoms with Crippen LogP contribution in [0.5, 0.6) is 0 Å². The molecule has 0 amide bonds. The summed E-state index contributed by atoms with van der Waals surface area (Å²) in [5, 5.41) is 0. The van der Waals surface area contributed by atoms with Crippen molar-refractivity contribution < 1.29 is 8.42 Å². The van der Waals surface area contributed by atoms with Gasteiger partial charge in [0.1, 0.15) is 0 Å². The molecular formula is C11H25ClN2O2S. The Labute approximate surface area is 111 Å². The molecule has 0 aromatic rings. The van der Waals surface area contributed by atoms with Crippen molar-refractivity contribution in [2.24, 2.45) is 11.7 Å². The summed E-state index contributed by atoms with van der Waals surface area (Å²) >= 11 is 0. The third-order valence-electron chi connectivity index (χ3n) is 3.50. The summed E-state index contributed by atoms with van der Waals surface area (Å²) in [7, 11) is -2.85. The van der Waals surface area contributed by atoms with E-state index in [1.165, 1.54) is 0 Å². The number of sulfone groups is 1. The van der Waals surface area contributed by atoms with E-state index in [0.717, 1.165) is 19.4 Å². The number of likely N-dealkylation sites (tertiary alicyclic amines) is 1. The molecule has 4 nitrogen and oxygen atoms in total. The topological polar surface area (TPSA) is 63.4 Å². The molecule has 0 radical (unpaired) electrons. The van der Waals surface area contributed by atoms with Crippen LogP contribution < -0.4 is 5.73 Å². The molecule has 104 valence electrons. The lowest BCUT2D eigenvalue weighted by Crippen LogP contribution is -2.47. The average Bonchev–Trinajstić information content (AvgIpc) is 2.27. The Bertz CT molecular complexity index is 309. The number of piperidine rings is 1. The average molecular weight is 285 g/mol. The molecule has 1 aliphatic rings. The van der Waals surface area contributed by atoms with Crippen LogP contribution in [0.1, 0.15) is 26.7 Å². The van der Waals surface area contributed by atoms with Crippen LogP contribution in [-0.2, 0) is 9.84 Å². The first-order valence-electron chi connectivity index (χ1n) is 6.13. The fourth-order valence-electron chi connectivity index (χ4n) is 2.24. The lowest BCUT2D eigenvalue weighted by Gasteiger charge is -2.37. The summed E-state index contributed by atoms with van der Waals surface area (Å²) in [4.78, 5) is 2.24. The van der Waals surface area contributed by atoms with E-state index in [4.69, 9.17) is 5.73 Å². The summed E-state index contributed by atoms with van der Waals surface area (Å²) in [6, 6.07) is 0.371. The molecule has 2 atom stereocenters. The van der Waals surface area contributed by atoms with Crippen LogP contribution in [0, 0.1) is 5.92 Å². The molecule has 1 rings (SSSR count). The Kier molecular flexibility index (Phi) is 7.63. The molecule has 0 aliphatic carbocycles. The van der Waals surface area contributed by atoms with Gasteiger partial charge in [0.25, 0.3) is 0 Å². The minimum atomic E-state index is -2.85. The van der Waals surface area contributed by atoms with E-state index in [2.05, 4.69) is 11.8 Å². The molecular weight excluding hydrogens is 260 g/mol. The quantitative estimate of drug-likeness (QED) is 0.815. The van der Waals surface area contributed by atoms with Crippen LogP contribution in [0.25, 0.3) is 0 Å². The summed E-state index contributed by atoms with van der Waals surface area (Å²) in [5.74, 6) is 1.23. The molecule has 6 heteroatoms. The van der Waals surface area contributed by atoms with Crippen molar-refractivity contribution >= 4 is 22.2 Å². The first-order valence-corrected chi connectivity index (χ1v) is 7.95. The second-order valence-corrected chi connectivity index (χ2v) is 7.26. The zero-order valence-corrected chi connectivity index (χ0v) is 12.4. The Balaban J connectivity index is 0.00000256. The SMILES string of the molecule is CCS(=O)(=O)CCN1CCC(C)CC1CN.Cl. The summed E-state index contributed by atoms with van der Waals surface area (Å²) in [5.41, 5.74) is 5.74. The largest absolute Gasteiger partial charge is 0.329 e. The van der Waals surface area contributed by atoms with Crippen molar-refractivity contribution in [2.75, 3.05) is 31.1 Å². The van der Waals surface area contributed by atoms with Crippen molar-refractivity contribution in [2.45, 2.75) is 32.7 Å². The molecule has 1 aliphatic heterocycles. The van der Waals surface area contributed by atoms with Gasteiger partial charge in [-0.25, -0.2) is 8.42 Å². The van der Waals surface area contributed by atoms with Gasteiger partial charge in [-0.1, -0.05) is 13.8 Å². The minimum absolute atomic E-state index is 0. The molecule has 0 bridgehead atoms. The van der Waals surface area contributed by atoms with E-state index in [1.807, 2.05) is 0 Å². The van der Waals surface area contributed by atoms with Crippen LogP contribution in [0.15, 0.2) is 0 Å². The summed E-state index contributed by atoms with van der Waals surface area (Å²) in [6.07, 6.45) is 2.26. The highest BCUT2D eigenvalue weighted by Gasteiger charge is 2.25. The standard InChI is InChI=1S/C11H24N2O2S.ClH/c1-3-16(14,15)7-6-13-5-4-10(2)8-11(13)9-12;/h10-11H,3-9,12H2,1-2H3;1H. The van der Waals surface area contributed by atoms with Gasteiger partial charge in [-0.15, -0.1) is 12.4 Å². The van der Waals surface area contributed by atoms with Crippen LogP contribution in [-0.4, -0.2) is 50.5 Å². The number of nitrogens with zero attached hydrogens (tertiary/aromatic N) is 1. The van der Waals surface area contributed by atoms with Crippen molar-refractivity contribution in [3.05, 3.63) is 0 Å². The van der Waals surface area contributed by atoms with Crippen molar-refractivity contribution in [3.63, 3.8) is 0 Å².